The van der Waals surface area contributed by atoms with Gasteiger partial charge < -0.3 is 0 Å². The van der Waals surface area contributed by atoms with Crippen LogP contribution in [0, 0.1) is 0 Å². The molecule has 0 fully saturated rings. The van der Waals surface area contributed by atoms with Gasteiger partial charge in [0.1, 0.15) is 6.54 Å². The van der Waals surface area contributed by atoms with Crippen LogP contribution in [0.25, 0.3) is 0 Å². The van der Waals surface area contributed by atoms with E-state index in [4.69, 9.17) is 0 Å². The minimum Gasteiger partial charge on any atom is -0.237 e. The molecule has 1 heterocycles. The van der Waals surface area contributed by atoms with Crippen molar-refractivity contribution in [3.8, 4) is 0 Å². The maximum Gasteiger partial charge on any atom is 0.460 e. The zero-order chi connectivity index (χ0) is 23.1. The molecule has 1 aromatic rings. The molecule has 0 aliphatic rings. The van der Waals surface area contributed by atoms with Gasteiger partial charge in [-0.1, -0.05) is 6.92 Å². The Bertz CT molecular complexity index is 692. The van der Waals surface area contributed by atoms with Gasteiger partial charge >= 0.3 is 35.8 Å². The predicted molar refractivity (Wildman–Crippen MR) is 68.1 cm³/mol. The minimum absolute atomic E-state index is 0.246. The Kier molecular flexibility index (Phi) is 6.52. The van der Waals surface area contributed by atoms with Crippen molar-refractivity contribution in [2.24, 2.45) is 0 Å². The molecule has 16 heteroatoms. The number of alkyl halides is 13. The first-order chi connectivity index (χ1) is 12.8. The monoisotopic (exact) mass is 458 g/mol. The van der Waals surface area contributed by atoms with Gasteiger partial charge in [0.2, 0.25) is 6.33 Å². The molecule has 0 unspecified atom stereocenters. The molecule has 3 nitrogen and oxygen atoms in total. The molecular weight excluding hydrogens is 445 g/mol. The van der Waals surface area contributed by atoms with Gasteiger partial charge in [-0.15, -0.1) is 4.68 Å². The van der Waals surface area contributed by atoms with Crippen LogP contribution in [0.3, 0.4) is 0 Å². The van der Waals surface area contributed by atoms with Gasteiger partial charge in [-0.2, -0.15) is 57.1 Å². The van der Waals surface area contributed by atoms with Crippen molar-refractivity contribution in [3.63, 3.8) is 0 Å². The predicted octanol–water partition coefficient (Wildman–Crippen LogP) is 4.71. The van der Waals surface area contributed by atoms with E-state index in [1.165, 1.54) is 0 Å². The fourth-order valence-corrected chi connectivity index (χ4v) is 2.05. The lowest BCUT2D eigenvalue weighted by Gasteiger charge is -2.39. The van der Waals surface area contributed by atoms with Crippen molar-refractivity contribution in [1.82, 2.24) is 9.78 Å². The highest BCUT2D eigenvalue weighted by Crippen LogP contribution is 2.60. The summed E-state index contributed by atoms with van der Waals surface area (Å²) in [5, 5.41) is 3.57. The molecule has 1 aromatic heterocycles. The third-order valence-electron chi connectivity index (χ3n) is 3.76. The molecule has 0 saturated heterocycles. The minimum atomic E-state index is -7.87. The molecule has 0 spiro atoms. The first-order valence-corrected chi connectivity index (χ1v) is 7.63. The second kappa shape index (κ2) is 7.49. The normalized spacial score (nSPS) is 15.1. The van der Waals surface area contributed by atoms with E-state index in [0.717, 1.165) is 17.3 Å². The summed E-state index contributed by atoms with van der Waals surface area (Å²) in [5.41, 5.74) is 0. The van der Waals surface area contributed by atoms with Crippen LogP contribution >= 0.6 is 0 Å². The Hall–Kier alpha value is -1.77. The standard InChI is InChI=1S/C13H13F13N3/c1-2-4-29-7-28(6-27-29)5-3-8(14,15)9(16,17)10(18,19)11(20,21)12(22,23)13(24,25)26/h6-7H,2-5H2,1H3/q+1. The number of hydrogen-bond acceptors (Lipinski definition) is 1. The molecule has 1 rings (SSSR count). The average Bonchev–Trinajstić information content (AvgIpc) is 2.99. The lowest BCUT2D eigenvalue weighted by molar-refractivity contribution is -0.701. The Balaban J connectivity index is 3.17. The van der Waals surface area contributed by atoms with E-state index in [2.05, 4.69) is 5.10 Å². The van der Waals surface area contributed by atoms with Crippen LogP contribution < -0.4 is 4.57 Å². The molecule has 0 aliphatic carbocycles. The summed E-state index contributed by atoms with van der Waals surface area (Å²) in [4.78, 5) is 0. The quantitative estimate of drug-likeness (QED) is 0.388. The first-order valence-electron chi connectivity index (χ1n) is 7.63. The highest BCUT2D eigenvalue weighted by atomic mass is 19.4. The number of aromatic nitrogens is 3. The summed E-state index contributed by atoms with van der Waals surface area (Å²) in [5.74, 6) is -36.7. The molecule has 0 atom stereocenters. The van der Waals surface area contributed by atoms with Crippen LogP contribution in [0.15, 0.2) is 12.7 Å². The highest BCUT2D eigenvalue weighted by Gasteiger charge is 2.90. The summed E-state index contributed by atoms with van der Waals surface area (Å²) in [7, 11) is 0. The third kappa shape index (κ3) is 4.11. The molecular formula is C13H13F13N3+. The molecule has 0 bridgehead atoms. The molecule has 0 radical (unpaired) electrons. The highest BCUT2D eigenvalue weighted by molar-refractivity contribution is 5.09. The van der Waals surface area contributed by atoms with E-state index in [1.807, 2.05) is 0 Å². The zero-order valence-electron chi connectivity index (χ0n) is 14.2. The van der Waals surface area contributed by atoms with Gasteiger partial charge in [-0.25, -0.2) is 4.57 Å². The van der Waals surface area contributed by atoms with Gasteiger partial charge in [0.05, 0.1) is 6.54 Å². The summed E-state index contributed by atoms with van der Waals surface area (Å²) < 4.78 is 170. The van der Waals surface area contributed by atoms with Crippen molar-refractivity contribution in [2.45, 2.75) is 68.6 Å². The van der Waals surface area contributed by atoms with Gasteiger partial charge in [-0.3, -0.25) is 0 Å². The Labute approximate surface area is 154 Å². The van der Waals surface area contributed by atoms with E-state index in [0.29, 0.717) is 11.0 Å². The Morgan fingerprint density at radius 3 is 1.69 bits per heavy atom. The number of hydrogen-bond donors (Lipinski definition) is 0. The molecule has 0 aromatic carbocycles. The van der Waals surface area contributed by atoms with Gasteiger partial charge in [0.25, 0.3) is 6.33 Å². The number of nitrogens with zero attached hydrogens (tertiary/aromatic N) is 3. The van der Waals surface area contributed by atoms with Crippen LogP contribution in [0.4, 0.5) is 57.1 Å². The third-order valence-corrected chi connectivity index (χ3v) is 3.76. The number of halogens is 13. The van der Waals surface area contributed by atoms with Gasteiger partial charge in [-0.05, 0) is 6.42 Å². The molecule has 0 N–H and O–H groups in total. The SMILES string of the molecule is CCCn1c[n+](CCC(F)(F)C(F)(F)C(F)(F)C(F)(F)C(F)(F)C(F)(F)F)cn1. The summed E-state index contributed by atoms with van der Waals surface area (Å²) in [6.45, 7) is 0.722. The Morgan fingerprint density at radius 1 is 0.759 bits per heavy atom. The maximum absolute atomic E-state index is 13.6. The number of aryl methyl sites for hydroxylation is 2. The van der Waals surface area contributed by atoms with Crippen LogP contribution in [0.2, 0.25) is 0 Å². The van der Waals surface area contributed by atoms with Gasteiger partial charge in [0.15, 0.2) is 0 Å². The Morgan fingerprint density at radius 2 is 1.24 bits per heavy atom. The largest absolute Gasteiger partial charge is 0.460 e. The van der Waals surface area contributed by atoms with Gasteiger partial charge in [0, 0.05) is 11.5 Å². The second-order valence-electron chi connectivity index (χ2n) is 6.00. The molecule has 0 saturated carbocycles. The van der Waals surface area contributed by atoms with Crippen molar-refractivity contribution in [2.75, 3.05) is 0 Å². The number of rotatable bonds is 9. The van der Waals surface area contributed by atoms with E-state index >= 15 is 0 Å². The molecule has 29 heavy (non-hydrogen) atoms. The van der Waals surface area contributed by atoms with Crippen LogP contribution in [0.5, 0.6) is 0 Å². The van der Waals surface area contributed by atoms with E-state index in [1.54, 1.807) is 6.92 Å². The van der Waals surface area contributed by atoms with Crippen LogP contribution in [-0.4, -0.2) is 45.6 Å². The van der Waals surface area contributed by atoms with E-state index in [-0.39, 0.29) is 6.54 Å². The van der Waals surface area contributed by atoms with Crippen LogP contribution in [0.1, 0.15) is 19.8 Å². The molecule has 0 aliphatic heterocycles. The second-order valence-corrected chi connectivity index (χ2v) is 6.00. The summed E-state index contributed by atoms with van der Waals surface area (Å²) >= 11 is 0. The van der Waals surface area contributed by atoms with Crippen molar-refractivity contribution in [1.29, 1.82) is 0 Å². The molecule has 0 amide bonds. The average molecular weight is 458 g/mol. The van der Waals surface area contributed by atoms with Crippen LogP contribution in [-0.2, 0) is 13.1 Å². The van der Waals surface area contributed by atoms with Crippen molar-refractivity contribution >= 4 is 0 Å². The molecule has 170 valence electrons. The van der Waals surface area contributed by atoms with Crippen molar-refractivity contribution < 1.29 is 61.6 Å². The summed E-state index contributed by atoms with van der Waals surface area (Å²) in [6.07, 6.45) is -7.41. The maximum atomic E-state index is 13.6. The first kappa shape index (κ1) is 25.3. The summed E-state index contributed by atoms with van der Waals surface area (Å²) in [6, 6.07) is 0. The van der Waals surface area contributed by atoms with E-state index in [9.17, 15) is 57.1 Å². The lowest BCUT2D eigenvalue weighted by Crippen LogP contribution is -2.70. The fraction of sp³-hybridized carbons (Fsp3) is 0.846. The van der Waals surface area contributed by atoms with E-state index < -0.39 is 48.8 Å². The lowest BCUT2D eigenvalue weighted by atomic mass is 9.92. The smallest absolute Gasteiger partial charge is 0.237 e. The topological polar surface area (TPSA) is 21.7 Å². The fourth-order valence-electron chi connectivity index (χ4n) is 2.05. The van der Waals surface area contributed by atoms with Crippen molar-refractivity contribution in [3.05, 3.63) is 12.7 Å². The zero-order valence-corrected chi connectivity index (χ0v) is 14.2.